The Morgan fingerprint density at radius 3 is 2.30 bits per heavy atom. The Morgan fingerprint density at radius 1 is 1.03 bits per heavy atom. The van der Waals surface area contributed by atoms with Crippen LogP contribution in [-0.4, -0.2) is 47.6 Å². The van der Waals surface area contributed by atoms with Gasteiger partial charge in [-0.1, -0.05) is 54.1 Å². The van der Waals surface area contributed by atoms with Gasteiger partial charge in [-0.3, -0.25) is 19.7 Å². The summed E-state index contributed by atoms with van der Waals surface area (Å²) in [6, 6.07) is 14.2. The first-order chi connectivity index (χ1) is 13.9. The van der Waals surface area contributed by atoms with Gasteiger partial charge in [-0.25, -0.2) is 0 Å². The second-order valence-electron chi connectivity index (χ2n) is 6.88. The molecule has 1 heterocycles. The van der Waals surface area contributed by atoms with Gasteiger partial charge in [-0.2, -0.15) is 0 Å². The van der Waals surface area contributed by atoms with Crippen molar-refractivity contribution in [2.24, 2.45) is 0 Å². The second kappa shape index (κ2) is 11.5. The van der Waals surface area contributed by atoms with E-state index in [0.717, 1.165) is 11.1 Å². The van der Waals surface area contributed by atoms with Crippen LogP contribution in [0, 0.1) is 0 Å². The summed E-state index contributed by atoms with van der Waals surface area (Å²) in [6.45, 7) is 0.404. The van der Waals surface area contributed by atoms with Gasteiger partial charge in [-0.15, -0.1) is 0 Å². The molecule has 0 bridgehead atoms. The normalized spacial score (nSPS) is 17.9. The summed E-state index contributed by atoms with van der Waals surface area (Å²) in [5, 5.41) is 17.7. The Hall–Kier alpha value is -1.90. The van der Waals surface area contributed by atoms with E-state index in [4.69, 9.17) is 16.7 Å². The summed E-state index contributed by atoms with van der Waals surface area (Å²) in [4.78, 5) is 36.0. The molecule has 0 saturated carbocycles. The first-order valence-electron chi connectivity index (χ1n) is 9.29. The van der Waals surface area contributed by atoms with Crippen LogP contribution in [0.1, 0.15) is 12.6 Å². The van der Waals surface area contributed by atoms with Gasteiger partial charge in [0.1, 0.15) is 18.1 Å². The van der Waals surface area contributed by atoms with Crippen molar-refractivity contribution in [3.8, 4) is 0 Å². The smallest absolute Gasteiger partial charge is 1.00 e. The van der Waals surface area contributed by atoms with Crippen molar-refractivity contribution in [3.63, 3.8) is 0 Å². The average molecular weight is 440 g/mol. The van der Waals surface area contributed by atoms with E-state index in [2.05, 4.69) is 16.0 Å². The van der Waals surface area contributed by atoms with Crippen LogP contribution in [0.25, 0.3) is 0 Å². The Kier molecular flexibility index (Phi) is 9.33. The molecule has 1 saturated heterocycles. The van der Waals surface area contributed by atoms with E-state index in [9.17, 15) is 14.4 Å². The van der Waals surface area contributed by atoms with Crippen molar-refractivity contribution in [1.82, 2.24) is 16.0 Å². The third-order valence-electron chi connectivity index (χ3n) is 4.67. The molecule has 3 atom stereocenters. The van der Waals surface area contributed by atoms with Crippen LogP contribution in [0.3, 0.4) is 0 Å². The maximum atomic E-state index is 12.7. The zero-order valence-electron chi connectivity index (χ0n) is 17.6. The summed E-state index contributed by atoms with van der Waals surface area (Å²) < 4.78 is 0. The van der Waals surface area contributed by atoms with Gasteiger partial charge in [0.05, 0.1) is 0 Å². The molecular formula is C21H23ClN3NaO4. The van der Waals surface area contributed by atoms with E-state index in [1.807, 2.05) is 42.5 Å². The number of carboxylic acid groups (broad SMARTS) is 1. The Balaban J connectivity index is 0.00000240. The van der Waals surface area contributed by atoms with Crippen molar-refractivity contribution in [2.45, 2.75) is 31.0 Å². The number of rotatable bonds is 9. The minimum absolute atomic E-state index is 0. The summed E-state index contributed by atoms with van der Waals surface area (Å²) >= 11 is 5.87. The van der Waals surface area contributed by atoms with Gasteiger partial charge in [0.25, 0.3) is 0 Å². The molecule has 4 N–H and O–H groups in total. The number of carbonyl (C=O) groups is 3. The first kappa shape index (κ1) is 24.4. The largest absolute Gasteiger partial charge is 1.00 e. The maximum absolute atomic E-state index is 12.7. The molecule has 30 heavy (non-hydrogen) atoms. The Bertz CT molecular complexity index is 886. The summed E-state index contributed by atoms with van der Waals surface area (Å²) in [5.74, 6) is -1.90. The van der Waals surface area contributed by atoms with E-state index in [1.165, 1.54) is 0 Å². The molecule has 0 spiro atoms. The molecule has 7 nitrogen and oxygen atoms in total. The Morgan fingerprint density at radius 2 is 1.70 bits per heavy atom. The SMILES string of the molecule is O=C(NCCc1ccc(Cl)cc1)[C@H](Cc1ccccc1)NC(=O)[C@H]1N[C@@H]1C(=O)O.[H-].[Na+]. The van der Waals surface area contributed by atoms with Crippen molar-refractivity contribution in [2.75, 3.05) is 6.54 Å². The van der Waals surface area contributed by atoms with Gasteiger partial charge in [0.2, 0.25) is 11.8 Å². The molecule has 9 heteroatoms. The molecule has 0 aromatic heterocycles. The number of halogens is 1. The molecule has 1 aliphatic heterocycles. The van der Waals surface area contributed by atoms with Crippen LogP contribution >= 0.6 is 11.6 Å². The number of carboxylic acids is 1. The van der Waals surface area contributed by atoms with Crippen molar-refractivity contribution in [3.05, 3.63) is 70.7 Å². The zero-order chi connectivity index (χ0) is 20.8. The third-order valence-corrected chi connectivity index (χ3v) is 4.93. The zero-order valence-corrected chi connectivity index (χ0v) is 19.4. The second-order valence-corrected chi connectivity index (χ2v) is 7.32. The molecule has 3 rings (SSSR count). The fourth-order valence-electron chi connectivity index (χ4n) is 3.00. The third kappa shape index (κ3) is 7.11. The van der Waals surface area contributed by atoms with Crippen molar-refractivity contribution < 1.29 is 50.5 Å². The molecule has 2 aromatic rings. The van der Waals surface area contributed by atoms with Gasteiger partial charge < -0.3 is 17.2 Å². The van der Waals surface area contributed by atoms with E-state index in [0.29, 0.717) is 24.4 Å². The van der Waals surface area contributed by atoms with Gasteiger partial charge in [0.15, 0.2) is 0 Å². The van der Waals surface area contributed by atoms with Crippen molar-refractivity contribution >= 4 is 29.4 Å². The summed E-state index contributed by atoms with van der Waals surface area (Å²) in [7, 11) is 0. The van der Waals surface area contributed by atoms with Crippen LogP contribution in [0.5, 0.6) is 0 Å². The fourth-order valence-corrected chi connectivity index (χ4v) is 3.13. The number of nitrogens with one attached hydrogen (secondary N) is 3. The molecular weight excluding hydrogens is 417 g/mol. The van der Waals surface area contributed by atoms with Crippen LogP contribution in [0.15, 0.2) is 54.6 Å². The first-order valence-corrected chi connectivity index (χ1v) is 9.67. The van der Waals surface area contributed by atoms with Crippen LogP contribution in [-0.2, 0) is 27.2 Å². The molecule has 2 amide bonds. The maximum Gasteiger partial charge on any atom is 1.00 e. The summed E-state index contributed by atoms with van der Waals surface area (Å²) in [5.41, 5.74) is 1.93. The number of hydrogen-bond acceptors (Lipinski definition) is 4. The van der Waals surface area contributed by atoms with E-state index >= 15 is 0 Å². The standard InChI is InChI=1S/C21H22ClN3O4.Na.H/c22-15-8-6-13(7-9-15)10-11-23-19(26)16(12-14-4-2-1-3-5-14)24-20(27)17-18(25-17)21(28)29;;/h1-9,16-18,25H,10-12H2,(H,23,26)(H,24,27)(H,28,29);;/q;+1;-1/t16-,17-,18-;;/m0../s1. The van der Waals surface area contributed by atoms with Crippen LogP contribution in [0.4, 0.5) is 0 Å². The molecule has 0 aliphatic carbocycles. The molecule has 2 aromatic carbocycles. The quantitative estimate of drug-likeness (QED) is 0.273. The van der Waals surface area contributed by atoms with Crippen molar-refractivity contribution in [1.29, 1.82) is 0 Å². The number of benzene rings is 2. The molecule has 0 unspecified atom stereocenters. The topological polar surface area (TPSA) is 117 Å². The number of aliphatic carboxylic acids is 1. The van der Waals surface area contributed by atoms with Crippen LogP contribution < -0.4 is 45.5 Å². The number of amides is 2. The number of carbonyl (C=O) groups excluding carboxylic acids is 2. The van der Waals surface area contributed by atoms with E-state index in [1.54, 1.807) is 12.1 Å². The molecule has 154 valence electrons. The number of hydrogen-bond donors (Lipinski definition) is 4. The van der Waals surface area contributed by atoms with Gasteiger partial charge in [-0.05, 0) is 29.7 Å². The monoisotopic (exact) mass is 439 g/mol. The predicted molar refractivity (Wildman–Crippen MR) is 110 cm³/mol. The molecule has 0 radical (unpaired) electrons. The average Bonchev–Trinajstić information content (AvgIpc) is 3.51. The van der Waals surface area contributed by atoms with Gasteiger partial charge in [0, 0.05) is 18.0 Å². The predicted octanol–water partition coefficient (Wildman–Crippen LogP) is -1.73. The minimum Gasteiger partial charge on any atom is -1.00 e. The van der Waals surface area contributed by atoms with E-state index in [-0.39, 0.29) is 36.9 Å². The fraction of sp³-hybridized carbons (Fsp3) is 0.286. The van der Waals surface area contributed by atoms with Gasteiger partial charge >= 0.3 is 35.5 Å². The molecule has 1 fully saturated rings. The Labute approximate surface area is 203 Å². The van der Waals surface area contributed by atoms with E-state index < -0.39 is 30.0 Å². The summed E-state index contributed by atoms with van der Waals surface area (Å²) in [6.07, 6.45) is 0.935. The van der Waals surface area contributed by atoms with Crippen LogP contribution in [0.2, 0.25) is 5.02 Å². The molecule has 1 aliphatic rings. The minimum atomic E-state index is -1.09.